The van der Waals surface area contributed by atoms with Crippen molar-refractivity contribution in [3.63, 3.8) is 0 Å². The van der Waals surface area contributed by atoms with Gasteiger partial charge in [0.05, 0.1) is 16.8 Å². The minimum atomic E-state index is -4.61. The number of alkyl halides is 3. The molecule has 30 heavy (non-hydrogen) atoms. The Labute approximate surface area is 181 Å². The second kappa shape index (κ2) is 9.62. The Balaban J connectivity index is 1.85. The molecule has 0 radical (unpaired) electrons. The first-order valence-corrected chi connectivity index (χ1v) is 10.7. The van der Waals surface area contributed by atoms with Crippen molar-refractivity contribution in [2.24, 2.45) is 0 Å². The Morgan fingerprint density at radius 1 is 1.13 bits per heavy atom. The molecule has 3 rings (SSSR count). The van der Waals surface area contributed by atoms with Crippen LogP contribution >= 0.6 is 22.9 Å². The van der Waals surface area contributed by atoms with Gasteiger partial charge in [0.15, 0.2) is 5.13 Å². The number of aryl methyl sites for hydroxylation is 1. The van der Waals surface area contributed by atoms with Gasteiger partial charge in [-0.25, -0.2) is 4.98 Å². The summed E-state index contributed by atoms with van der Waals surface area (Å²) in [5.41, 5.74) is 0.513. The summed E-state index contributed by atoms with van der Waals surface area (Å²) in [7, 11) is 0. The zero-order valence-corrected chi connectivity index (χ0v) is 17.8. The highest BCUT2D eigenvalue weighted by Crippen LogP contribution is 2.33. The van der Waals surface area contributed by atoms with Gasteiger partial charge >= 0.3 is 6.18 Å². The number of amides is 1. The van der Waals surface area contributed by atoms with Gasteiger partial charge in [-0.2, -0.15) is 13.2 Å². The lowest BCUT2D eigenvalue weighted by atomic mass is 10.1. The molecular weight excluding hydrogens is 433 g/mol. The van der Waals surface area contributed by atoms with E-state index in [-0.39, 0.29) is 0 Å². The fourth-order valence-corrected chi connectivity index (χ4v) is 4.16. The molecule has 1 aromatic heterocycles. The second-order valence-corrected chi connectivity index (χ2v) is 8.31. The van der Waals surface area contributed by atoms with Crippen molar-refractivity contribution in [1.29, 1.82) is 0 Å². The van der Waals surface area contributed by atoms with Crippen LogP contribution in [0.2, 0.25) is 5.02 Å². The van der Waals surface area contributed by atoms with Crippen molar-refractivity contribution >= 4 is 34.0 Å². The van der Waals surface area contributed by atoms with Crippen LogP contribution in [-0.2, 0) is 19.0 Å². The average Bonchev–Trinajstić information content (AvgIpc) is 3.08. The molecule has 0 unspecified atom stereocenters. The molecule has 0 aliphatic heterocycles. The van der Waals surface area contributed by atoms with Gasteiger partial charge in [0.25, 0.3) is 5.91 Å². The first-order chi connectivity index (χ1) is 14.3. The van der Waals surface area contributed by atoms with Crippen molar-refractivity contribution in [2.75, 3.05) is 5.32 Å². The first-order valence-electron chi connectivity index (χ1n) is 9.48. The molecule has 0 saturated heterocycles. The van der Waals surface area contributed by atoms with E-state index >= 15 is 0 Å². The van der Waals surface area contributed by atoms with Gasteiger partial charge in [-0.3, -0.25) is 10.1 Å². The number of carbonyl (C=O) groups excluding carboxylic acids is 1. The second-order valence-electron chi connectivity index (χ2n) is 6.79. The summed E-state index contributed by atoms with van der Waals surface area (Å²) in [4.78, 5) is 18.0. The summed E-state index contributed by atoms with van der Waals surface area (Å²) in [5, 5.41) is 3.49. The normalized spacial score (nSPS) is 11.5. The Kier molecular flexibility index (Phi) is 7.15. The number of hydrogen-bond donors (Lipinski definition) is 1. The number of thiazole rings is 1. The van der Waals surface area contributed by atoms with Gasteiger partial charge in [0.1, 0.15) is 0 Å². The van der Waals surface area contributed by atoms with E-state index in [0.29, 0.717) is 16.6 Å². The third kappa shape index (κ3) is 5.61. The number of halogens is 4. The molecule has 0 aliphatic rings. The Bertz CT molecular complexity index is 1020. The van der Waals surface area contributed by atoms with E-state index in [1.165, 1.54) is 29.5 Å². The van der Waals surface area contributed by atoms with Gasteiger partial charge in [-0.15, -0.1) is 11.3 Å². The summed E-state index contributed by atoms with van der Waals surface area (Å²) in [5.74, 6) is -0.822. The molecule has 0 aliphatic carbocycles. The molecule has 0 fully saturated rings. The average molecular weight is 453 g/mol. The lowest BCUT2D eigenvalue weighted by molar-refractivity contribution is -0.137. The molecule has 1 amide bonds. The number of anilines is 1. The number of nitrogens with one attached hydrogen (secondary N) is 1. The van der Waals surface area contributed by atoms with Crippen molar-refractivity contribution in [3.8, 4) is 0 Å². The fraction of sp³-hybridized carbons (Fsp3) is 0.273. The van der Waals surface area contributed by atoms with Gasteiger partial charge in [0.2, 0.25) is 0 Å². The first kappa shape index (κ1) is 22.3. The van der Waals surface area contributed by atoms with E-state index in [1.807, 2.05) is 12.1 Å². The molecule has 0 spiro atoms. The van der Waals surface area contributed by atoms with Crippen LogP contribution in [0.4, 0.5) is 18.3 Å². The van der Waals surface area contributed by atoms with Crippen molar-refractivity contribution in [2.45, 2.75) is 38.8 Å². The van der Waals surface area contributed by atoms with Gasteiger partial charge in [-0.05, 0) is 42.7 Å². The number of unbranched alkanes of at least 4 members (excludes halogenated alkanes) is 1. The number of hydrogen-bond acceptors (Lipinski definition) is 3. The number of carbonyl (C=O) groups is 1. The minimum absolute atomic E-state index is 0.298. The molecule has 8 heteroatoms. The number of rotatable bonds is 7. The highest BCUT2D eigenvalue weighted by Gasteiger charge is 2.35. The predicted molar refractivity (Wildman–Crippen MR) is 114 cm³/mol. The fourth-order valence-electron chi connectivity index (χ4n) is 2.99. The summed E-state index contributed by atoms with van der Waals surface area (Å²) in [6.45, 7) is 2.07. The molecule has 3 aromatic rings. The van der Waals surface area contributed by atoms with Crippen LogP contribution in [0.15, 0.2) is 48.5 Å². The largest absolute Gasteiger partial charge is 0.417 e. The maximum absolute atomic E-state index is 13.2. The zero-order chi connectivity index (χ0) is 21.7. The lowest BCUT2D eigenvalue weighted by Crippen LogP contribution is -2.18. The lowest BCUT2D eigenvalue weighted by Gasteiger charge is -2.11. The maximum atomic E-state index is 13.2. The van der Waals surface area contributed by atoms with Gasteiger partial charge < -0.3 is 0 Å². The summed E-state index contributed by atoms with van der Waals surface area (Å²) in [6.07, 6.45) is -1.34. The summed E-state index contributed by atoms with van der Waals surface area (Å²) < 4.78 is 39.7. The molecule has 158 valence electrons. The number of aromatic nitrogens is 1. The highest BCUT2D eigenvalue weighted by atomic mass is 35.5. The Hall–Kier alpha value is -2.38. The Morgan fingerprint density at radius 2 is 1.83 bits per heavy atom. The Morgan fingerprint density at radius 3 is 2.50 bits per heavy atom. The van der Waals surface area contributed by atoms with Crippen LogP contribution in [0.1, 0.15) is 51.8 Å². The SMILES string of the molecule is CCCCc1nc(NC(=O)c2ccccc2C(F)(F)F)sc1Cc1ccc(Cl)cc1. The maximum Gasteiger partial charge on any atom is 0.417 e. The topological polar surface area (TPSA) is 42.0 Å². The predicted octanol–water partition coefficient (Wildman–Crippen LogP) is 7.00. The van der Waals surface area contributed by atoms with E-state index < -0.39 is 23.2 Å². The van der Waals surface area contributed by atoms with Crippen LogP contribution in [0, 0.1) is 0 Å². The van der Waals surface area contributed by atoms with Crippen LogP contribution < -0.4 is 5.32 Å². The van der Waals surface area contributed by atoms with Crippen LogP contribution in [0.25, 0.3) is 0 Å². The van der Waals surface area contributed by atoms with Crippen molar-refractivity contribution < 1.29 is 18.0 Å². The molecule has 2 aromatic carbocycles. The smallest absolute Gasteiger partial charge is 0.298 e. The van der Waals surface area contributed by atoms with Crippen LogP contribution in [0.3, 0.4) is 0 Å². The van der Waals surface area contributed by atoms with E-state index in [4.69, 9.17) is 11.6 Å². The van der Waals surface area contributed by atoms with Gasteiger partial charge in [0, 0.05) is 16.3 Å². The minimum Gasteiger partial charge on any atom is -0.298 e. The number of benzene rings is 2. The van der Waals surface area contributed by atoms with Crippen LogP contribution in [-0.4, -0.2) is 10.9 Å². The molecular formula is C22H20ClF3N2OS. The molecule has 1 N–H and O–H groups in total. The van der Waals surface area contributed by atoms with E-state index in [1.54, 1.807) is 12.1 Å². The van der Waals surface area contributed by atoms with Crippen molar-refractivity contribution in [3.05, 3.63) is 80.8 Å². The third-order valence-electron chi connectivity index (χ3n) is 4.52. The third-order valence-corrected chi connectivity index (χ3v) is 5.79. The number of nitrogens with zero attached hydrogens (tertiary/aromatic N) is 1. The monoisotopic (exact) mass is 452 g/mol. The molecule has 0 saturated carbocycles. The van der Waals surface area contributed by atoms with Crippen molar-refractivity contribution in [1.82, 2.24) is 4.98 Å². The molecule has 0 bridgehead atoms. The molecule has 0 atom stereocenters. The summed E-state index contributed by atoms with van der Waals surface area (Å²) in [6, 6.07) is 12.2. The van der Waals surface area contributed by atoms with E-state index in [9.17, 15) is 18.0 Å². The molecule has 3 nitrogen and oxygen atoms in total. The zero-order valence-electron chi connectivity index (χ0n) is 16.2. The summed E-state index contributed by atoms with van der Waals surface area (Å²) >= 11 is 7.23. The van der Waals surface area contributed by atoms with E-state index in [2.05, 4.69) is 17.2 Å². The standard InChI is InChI=1S/C22H20ClF3N2OS/c1-2-3-8-18-19(13-14-9-11-15(23)12-10-14)30-21(27-18)28-20(29)16-6-4-5-7-17(16)22(24,25)26/h4-7,9-12H,2-3,8,13H2,1H3,(H,27,28,29). The highest BCUT2D eigenvalue weighted by molar-refractivity contribution is 7.15. The van der Waals surface area contributed by atoms with Gasteiger partial charge in [-0.1, -0.05) is 49.2 Å². The van der Waals surface area contributed by atoms with Crippen LogP contribution in [0.5, 0.6) is 0 Å². The van der Waals surface area contributed by atoms with E-state index in [0.717, 1.165) is 41.5 Å². The molecule has 1 heterocycles. The quantitative estimate of drug-likeness (QED) is 0.419.